The highest BCUT2D eigenvalue weighted by atomic mass is 79.9. The van der Waals surface area contributed by atoms with Crippen molar-refractivity contribution >= 4 is 26.0 Å². The second-order valence-electron chi connectivity index (χ2n) is 5.88. The van der Waals surface area contributed by atoms with E-state index in [1.807, 2.05) is 26.8 Å². The molecule has 2 rings (SSSR count). The van der Waals surface area contributed by atoms with E-state index in [4.69, 9.17) is 10.5 Å². The molecule has 0 unspecified atom stereocenters. The van der Waals surface area contributed by atoms with Gasteiger partial charge < -0.3 is 10.5 Å². The standard InChI is InChI=1S/C14H21BrN2O3S/c1-10-6-11(8-16)7-12(13(10)15)21(18,19)17-4-5-20-14(2,3)9-17/h6-7H,4-5,8-9,16H2,1-3H3. The first kappa shape index (κ1) is 16.9. The van der Waals surface area contributed by atoms with Gasteiger partial charge in [-0.1, -0.05) is 6.07 Å². The van der Waals surface area contributed by atoms with E-state index in [2.05, 4.69) is 15.9 Å². The van der Waals surface area contributed by atoms with Gasteiger partial charge in [-0.2, -0.15) is 4.31 Å². The summed E-state index contributed by atoms with van der Waals surface area (Å²) in [6.45, 7) is 7.07. The van der Waals surface area contributed by atoms with E-state index in [1.54, 1.807) is 6.07 Å². The summed E-state index contributed by atoms with van der Waals surface area (Å²) in [4.78, 5) is 0.278. The molecule has 1 aromatic rings. The van der Waals surface area contributed by atoms with Gasteiger partial charge in [-0.15, -0.1) is 0 Å². The lowest BCUT2D eigenvalue weighted by Gasteiger charge is -2.37. The Morgan fingerprint density at radius 2 is 2.10 bits per heavy atom. The van der Waals surface area contributed by atoms with E-state index >= 15 is 0 Å². The van der Waals surface area contributed by atoms with Gasteiger partial charge >= 0.3 is 0 Å². The zero-order valence-electron chi connectivity index (χ0n) is 12.5. The van der Waals surface area contributed by atoms with Crippen molar-refractivity contribution in [1.82, 2.24) is 4.31 Å². The number of hydrogen-bond acceptors (Lipinski definition) is 4. The molecule has 0 bridgehead atoms. The molecular weight excluding hydrogens is 356 g/mol. The van der Waals surface area contributed by atoms with Crippen molar-refractivity contribution in [2.45, 2.75) is 37.8 Å². The Morgan fingerprint density at radius 1 is 1.43 bits per heavy atom. The van der Waals surface area contributed by atoms with Crippen LogP contribution in [0.3, 0.4) is 0 Å². The van der Waals surface area contributed by atoms with Crippen LogP contribution in [0.5, 0.6) is 0 Å². The molecule has 1 heterocycles. The van der Waals surface area contributed by atoms with Crippen LogP contribution in [0.1, 0.15) is 25.0 Å². The summed E-state index contributed by atoms with van der Waals surface area (Å²) in [6, 6.07) is 3.54. The predicted molar refractivity (Wildman–Crippen MR) is 85.6 cm³/mol. The quantitative estimate of drug-likeness (QED) is 0.875. The Hall–Kier alpha value is -0.470. The summed E-state index contributed by atoms with van der Waals surface area (Å²) in [7, 11) is -3.57. The molecule has 0 aliphatic carbocycles. The lowest BCUT2D eigenvalue weighted by atomic mass is 10.1. The molecule has 2 N–H and O–H groups in total. The lowest BCUT2D eigenvalue weighted by Crippen LogP contribution is -2.50. The fraction of sp³-hybridized carbons (Fsp3) is 0.571. The van der Waals surface area contributed by atoms with Crippen LogP contribution in [-0.4, -0.2) is 38.0 Å². The predicted octanol–water partition coefficient (Wildman–Crippen LogP) is 2.02. The van der Waals surface area contributed by atoms with Crippen molar-refractivity contribution in [3.8, 4) is 0 Å². The van der Waals surface area contributed by atoms with Gasteiger partial charge in [0.1, 0.15) is 0 Å². The maximum Gasteiger partial charge on any atom is 0.244 e. The second kappa shape index (κ2) is 5.96. The van der Waals surface area contributed by atoms with Crippen LogP contribution >= 0.6 is 15.9 Å². The number of benzene rings is 1. The van der Waals surface area contributed by atoms with Gasteiger partial charge in [0, 0.05) is 24.1 Å². The first-order valence-corrected chi connectivity index (χ1v) is 9.04. The van der Waals surface area contributed by atoms with Crippen LogP contribution in [0.2, 0.25) is 0 Å². The molecule has 1 aromatic carbocycles. The highest BCUT2D eigenvalue weighted by Crippen LogP contribution is 2.31. The fourth-order valence-corrected chi connectivity index (χ4v) is 5.04. The van der Waals surface area contributed by atoms with Crippen molar-refractivity contribution in [1.29, 1.82) is 0 Å². The molecule has 1 saturated heterocycles. The first-order valence-electron chi connectivity index (χ1n) is 6.80. The molecule has 0 atom stereocenters. The second-order valence-corrected chi connectivity index (χ2v) is 8.58. The Morgan fingerprint density at radius 3 is 2.67 bits per heavy atom. The molecule has 1 aliphatic heterocycles. The Labute approximate surface area is 134 Å². The SMILES string of the molecule is Cc1cc(CN)cc(S(=O)(=O)N2CCOC(C)(C)C2)c1Br. The molecule has 0 radical (unpaired) electrons. The number of hydrogen-bond donors (Lipinski definition) is 1. The summed E-state index contributed by atoms with van der Waals surface area (Å²) in [5, 5.41) is 0. The number of morpholine rings is 1. The summed E-state index contributed by atoms with van der Waals surface area (Å²) < 4.78 is 33.5. The molecule has 5 nitrogen and oxygen atoms in total. The zero-order chi connectivity index (χ0) is 15.8. The topological polar surface area (TPSA) is 72.6 Å². The van der Waals surface area contributed by atoms with Gasteiger partial charge in [-0.05, 0) is 53.9 Å². The molecule has 0 aromatic heterocycles. The summed E-state index contributed by atoms with van der Waals surface area (Å²) in [5.74, 6) is 0. The van der Waals surface area contributed by atoms with E-state index in [-0.39, 0.29) is 4.90 Å². The van der Waals surface area contributed by atoms with E-state index in [0.29, 0.717) is 30.7 Å². The third-order valence-corrected chi connectivity index (χ3v) is 6.71. The average Bonchev–Trinajstić information content (AvgIpc) is 2.40. The number of rotatable bonds is 3. The number of sulfonamides is 1. The number of aryl methyl sites for hydroxylation is 1. The fourth-order valence-electron chi connectivity index (χ4n) is 2.43. The number of halogens is 1. The third-order valence-electron chi connectivity index (χ3n) is 3.53. The first-order chi connectivity index (χ1) is 9.67. The van der Waals surface area contributed by atoms with Crippen LogP contribution in [0.15, 0.2) is 21.5 Å². The van der Waals surface area contributed by atoms with Crippen molar-refractivity contribution in [3.05, 3.63) is 27.7 Å². The Balaban J connectivity index is 2.47. The van der Waals surface area contributed by atoms with Gasteiger partial charge in [-0.3, -0.25) is 0 Å². The molecule has 7 heteroatoms. The van der Waals surface area contributed by atoms with E-state index < -0.39 is 15.6 Å². The minimum Gasteiger partial charge on any atom is -0.373 e. The van der Waals surface area contributed by atoms with Gasteiger partial charge in [-0.25, -0.2) is 8.42 Å². The summed E-state index contributed by atoms with van der Waals surface area (Å²) >= 11 is 3.40. The monoisotopic (exact) mass is 376 g/mol. The molecule has 21 heavy (non-hydrogen) atoms. The smallest absolute Gasteiger partial charge is 0.244 e. The van der Waals surface area contributed by atoms with Gasteiger partial charge in [0.25, 0.3) is 0 Å². The van der Waals surface area contributed by atoms with Crippen LogP contribution < -0.4 is 5.73 Å². The van der Waals surface area contributed by atoms with Gasteiger partial charge in [0.05, 0.1) is 17.1 Å². The van der Waals surface area contributed by atoms with E-state index in [0.717, 1.165) is 11.1 Å². The largest absolute Gasteiger partial charge is 0.373 e. The zero-order valence-corrected chi connectivity index (χ0v) is 14.9. The number of nitrogens with zero attached hydrogens (tertiary/aromatic N) is 1. The maximum absolute atomic E-state index is 12.9. The maximum atomic E-state index is 12.9. The molecule has 1 fully saturated rings. The van der Waals surface area contributed by atoms with Crippen LogP contribution in [0.4, 0.5) is 0 Å². The number of nitrogens with two attached hydrogens (primary N) is 1. The minimum absolute atomic E-state index is 0.278. The molecular formula is C14H21BrN2O3S. The Bertz CT molecular complexity index is 644. The van der Waals surface area contributed by atoms with Crippen LogP contribution in [0, 0.1) is 6.92 Å². The third kappa shape index (κ3) is 3.48. The number of ether oxygens (including phenoxy) is 1. The average molecular weight is 377 g/mol. The van der Waals surface area contributed by atoms with Crippen LogP contribution in [-0.2, 0) is 21.3 Å². The Kier molecular flexibility index (Phi) is 4.80. The summed E-state index contributed by atoms with van der Waals surface area (Å²) in [5.41, 5.74) is 6.86. The lowest BCUT2D eigenvalue weighted by molar-refractivity contribution is -0.0640. The van der Waals surface area contributed by atoms with Crippen molar-refractivity contribution in [3.63, 3.8) is 0 Å². The van der Waals surface area contributed by atoms with E-state index in [1.165, 1.54) is 4.31 Å². The molecule has 118 valence electrons. The molecule has 0 saturated carbocycles. The van der Waals surface area contributed by atoms with Crippen LogP contribution in [0.25, 0.3) is 0 Å². The van der Waals surface area contributed by atoms with Gasteiger partial charge in [0.15, 0.2) is 0 Å². The van der Waals surface area contributed by atoms with E-state index in [9.17, 15) is 8.42 Å². The van der Waals surface area contributed by atoms with Crippen molar-refractivity contribution in [2.24, 2.45) is 5.73 Å². The molecule has 0 spiro atoms. The van der Waals surface area contributed by atoms with Crippen molar-refractivity contribution < 1.29 is 13.2 Å². The van der Waals surface area contributed by atoms with Gasteiger partial charge in [0.2, 0.25) is 10.0 Å². The summed E-state index contributed by atoms with van der Waals surface area (Å²) in [6.07, 6.45) is 0. The molecule has 0 amide bonds. The normalized spacial score (nSPS) is 19.7. The highest BCUT2D eigenvalue weighted by Gasteiger charge is 2.36. The highest BCUT2D eigenvalue weighted by molar-refractivity contribution is 9.10. The molecule has 1 aliphatic rings. The van der Waals surface area contributed by atoms with Crippen molar-refractivity contribution in [2.75, 3.05) is 19.7 Å². The minimum atomic E-state index is -3.57.